The number of piperazine rings is 2. The molecule has 11 nitrogen and oxygen atoms in total. The molecule has 2 saturated heterocycles. The third kappa shape index (κ3) is 11.3. The SMILES string of the molecule is COCC[C@H](C)C(=O)N1CCN(c2cc(F)cc(/C=C(\C)[C@H]3OC(=O)C[C@H](O)CC[C@H](C)[C@@H](OC(=O)N4CCN(C)CC4)/C=C/[C@@H]3C)c2)CC1. The molecule has 3 heterocycles. The van der Waals surface area contributed by atoms with Crippen LogP contribution in [0, 0.1) is 23.6 Å². The monoisotopic (exact) mass is 700 g/mol. The van der Waals surface area contributed by atoms with Crippen LogP contribution in [-0.2, 0) is 23.8 Å². The van der Waals surface area contributed by atoms with Crippen LogP contribution in [0.4, 0.5) is 14.9 Å². The van der Waals surface area contributed by atoms with Crippen molar-refractivity contribution in [2.45, 2.75) is 71.7 Å². The van der Waals surface area contributed by atoms with Crippen LogP contribution in [0.25, 0.3) is 6.08 Å². The highest BCUT2D eigenvalue weighted by atomic mass is 19.1. The second-order valence-electron chi connectivity index (χ2n) is 14.3. The van der Waals surface area contributed by atoms with Gasteiger partial charge >= 0.3 is 12.1 Å². The standard InChI is InChI=1S/C38H57FN4O7/c1-26-7-9-33(44)25-35(45)50-36(27(2)8-10-34(26)49-38(47)43-14-12-40(5)13-15-43)29(4)21-30-22-31(39)24-32(23-30)41-16-18-42(19-17-41)37(46)28(3)11-20-48-6/h8,10,21-24,26-28,33-34,36,44H,7,9,11-20,25H2,1-6H3/b10-8+,29-21+/t26-,27-,28-,33+,34-,36-/m0/s1. The molecule has 0 radical (unpaired) electrons. The summed E-state index contributed by atoms with van der Waals surface area (Å²) >= 11 is 0. The van der Waals surface area contributed by atoms with E-state index in [1.807, 2.05) is 63.9 Å². The number of hydrogen-bond acceptors (Lipinski definition) is 9. The Morgan fingerprint density at radius 2 is 1.70 bits per heavy atom. The minimum absolute atomic E-state index is 0.0835. The van der Waals surface area contributed by atoms with E-state index in [2.05, 4.69) is 9.80 Å². The molecule has 1 aromatic carbocycles. The largest absolute Gasteiger partial charge is 0.457 e. The first kappa shape index (κ1) is 39.3. The number of carbonyl (C=O) groups is 3. The molecule has 278 valence electrons. The van der Waals surface area contributed by atoms with E-state index in [-0.39, 0.29) is 42.0 Å². The van der Waals surface area contributed by atoms with Crippen LogP contribution >= 0.6 is 0 Å². The lowest BCUT2D eigenvalue weighted by Crippen LogP contribution is -2.50. The van der Waals surface area contributed by atoms with Crippen molar-refractivity contribution in [3.05, 3.63) is 47.3 Å². The summed E-state index contributed by atoms with van der Waals surface area (Å²) in [4.78, 5) is 46.8. The third-order valence-electron chi connectivity index (χ3n) is 10.1. The molecule has 6 atom stereocenters. The summed E-state index contributed by atoms with van der Waals surface area (Å²) in [5.41, 5.74) is 2.04. The first-order valence-corrected chi connectivity index (χ1v) is 18.1. The Morgan fingerprint density at radius 3 is 2.38 bits per heavy atom. The second-order valence-corrected chi connectivity index (χ2v) is 14.3. The number of nitrogens with zero attached hydrogens (tertiary/aromatic N) is 4. The first-order valence-electron chi connectivity index (χ1n) is 18.1. The van der Waals surface area contributed by atoms with Gasteiger partial charge in [-0.25, -0.2) is 9.18 Å². The molecule has 0 aliphatic carbocycles. The lowest BCUT2D eigenvalue weighted by atomic mass is 9.91. The zero-order valence-corrected chi connectivity index (χ0v) is 30.7. The van der Waals surface area contributed by atoms with E-state index in [0.717, 1.165) is 13.1 Å². The number of ether oxygens (including phenoxy) is 3. The van der Waals surface area contributed by atoms with Crippen molar-refractivity contribution in [2.24, 2.45) is 17.8 Å². The Hall–Kier alpha value is -3.48. The lowest BCUT2D eigenvalue weighted by molar-refractivity contribution is -0.151. The quantitative estimate of drug-likeness (QED) is 0.308. The van der Waals surface area contributed by atoms with Gasteiger partial charge in [-0.05, 0) is 74.6 Å². The number of rotatable bonds is 8. The number of amides is 2. The number of cyclic esters (lactones) is 1. The Balaban J connectivity index is 1.50. The smallest absolute Gasteiger partial charge is 0.410 e. The maximum atomic E-state index is 15.0. The van der Waals surface area contributed by atoms with Gasteiger partial charge in [0.15, 0.2) is 0 Å². The Morgan fingerprint density at radius 1 is 1.02 bits per heavy atom. The minimum atomic E-state index is -0.891. The van der Waals surface area contributed by atoms with E-state index >= 15 is 4.39 Å². The van der Waals surface area contributed by atoms with Crippen LogP contribution in [0.1, 0.15) is 58.9 Å². The van der Waals surface area contributed by atoms with Gasteiger partial charge in [-0.3, -0.25) is 9.59 Å². The van der Waals surface area contributed by atoms with E-state index in [0.29, 0.717) is 82.0 Å². The Kier molecular flexibility index (Phi) is 14.7. The van der Waals surface area contributed by atoms with Crippen molar-refractivity contribution in [1.82, 2.24) is 14.7 Å². The average molecular weight is 701 g/mol. The number of likely N-dealkylation sites (N-methyl/N-ethyl adjacent to an activating group) is 1. The van der Waals surface area contributed by atoms with Gasteiger partial charge in [0.25, 0.3) is 0 Å². The molecule has 1 N–H and O–H groups in total. The minimum Gasteiger partial charge on any atom is -0.457 e. The molecular formula is C38H57FN4O7. The number of benzene rings is 1. The number of hydrogen-bond donors (Lipinski definition) is 1. The fourth-order valence-electron chi connectivity index (χ4n) is 6.75. The zero-order valence-electron chi connectivity index (χ0n) is 30.7. The molecule has 3 aliphatic heterocycles. The average Bonchev–Trinajstić information content (AvgIpc) is 3.09. The molecular weight excluding hydrogens is 643 g/mol. The molecule has 0 spiro atoms. The van der Waals surface area contributed by atoms with Crippen molar-refractivity contribution < 1.29 is 38.1 Å². The molecule has 50 heavy (non-hydrogen) atoms. The topological polar surface area (TPSA) is 112 Å². The molecule has 4 rings (SSSR count). The second kappa shape index (κ2) is 18.7. The van der Waals surface area contributed by atoms with E-state index in [1.54, 1.807) is 12.0 Å². The maximum Gasteiger partial charge on any atom is 0.410 e. The molecule has 0 bridgehead atoms. The molecule has 0 saturated carbocycles. The number of aliphatic hydroxyl groups excluding tert-OH is 1. The zero-order chi connectivity index (χ0) is 36.4. The number of carbonyl (C=O) groups excluding carboxylic acids is 3. The fourth-order valence-corrected chi connectivity index (χ4v) is 6.75. The van der Waals surface area contributed by atoms with Crippen molar-refractivity contribution in [3.8, 4) is 0 Å². The van der Waals surface area contributed by atoms with Gasteiger partial charge in [0.05, 0.1) is 12.5 Å². The van der Waals surface area contributed by atoms with E-state index in [9.17, 15) is 19.5 Å². The van der Waals surface area contributed by atoms with Gasteiger partial charge in [0.2, 0.25) is 5.91 Å². The van der Waals surface area contributed by atoms with Gasteiger partial charge < -0.3 is 38.9 Å². The van der Waals surface area contributed by atoms with Gasteiger partial charge in [0, 0.05) is 83.6 Å². The first-order chi connectivity index (χ1) is 23.8. The van der Waals surface area contributed by atoms with E-state index in [4.69, 9.17) is 14.2 Å². The summed E-state index contributed by atoms with van der Waals surface area (Å²) in [5, 5.41) is 10.7. The van der Waals surface area contributed by atoms with Gasteiger partial charge in [-0.15, -0.1) is 0 Å². The fraction of sp³-hybridized carbons (Fsp3) is 0.658. The van der Waals surface area contributed by atoms with Crippen LogP contribution in [0.2, 0.25) is 0 Å². The van der Waals surface area contributed by atoms with E-state index in [1.165, 1.54) is 12.1 Å². The molecule has 1 aromatic rings. The van der Waals surface area contributed by atoms with Gasteiger partial charge in [0.1, 0.15) is 18.0 Å². The van der Waals surface area contributed by atoms with E-state index < -0.39 is 24.3 Å². The Labute approximate surface area is 297 Å². The predicted molar refractivity (Wildman–Crippen MR) is 191 cm³/mol. The number of methoxy groups -OCH3 is 1. The highest BCUT2D eigenvalue weighted by Gasteiger charge is 2.30. The maximum absolute atomic E-state index is 15.0. The van der Waals surface area contributed by atoms with Gasteiger partial charge in [-0.2, -0.15) is 0 Å². The molecule has 3 aliphatic rings. The summed E-state index contributed by atoms with van der Waals surface area (Å²) in [5.74, 6) is -1.30. The number of aliphatic hydroxyl groups is 1. The molecule has 12 heteroatoms. The highest BCUT2D eigenvalue weighted by Crippen LogP contribution is 2.28. The summed E-state index contributed by atoms with van der Waals surface area (Å²) < 4.78 is 32.1. The summed E-state index contributed by atoms with van der Waals surface area (Å²) in [6.07, 6.45) is 4.59. The van der Waals surface area contributed by atoms with Crippen molar-refractivity contribution in [3.63, 3.8) is 0 Å². The molecule has 0 aromatic heterocycles. The third-order valence-corrected chi connectivity index (χ3v) is 10.1. The van der Waals surface area contributed by atoms with Crippen molar-refractivity contribution in [2.75, 3.05) is 78.0 Å². The van der Waals surface area contributed by atoms with Crippen molar-refractivity contribution >= 4 is 29.7 Å². The number of esters is 1. The predicted octanol–water partition coefficient (Wildman–Crippen LogP) is 4.59. The van der Waals surface area contributed by atoms with Crippen LogP contribution < -0.4 is 4.90 Å². The van der Waals surface area contributed by atoms with Crippen molar-refractivity contribution in [1.29, 1.82) is 0 Å². The van der Waals surface area contributed by atoms with Gasteiger partial charge in [-0.1, -0.05) is 32.9 Å². The molecule has 2 fully saturated rings. The summed E-state index contributed by atoms with van der Waals surface area (Å²) in [6, 6.07) is 4.85. The lowest BCUT2D eigenvalue weighted by Gasteiger charge is -2.37. The molecule has 2 amide bonds. The van der Waals surface area contributed by atoms with Crippen LogP contribution in [0.5, 0.6) is 0 Å². The number of halogens is 1. The summed E-state index contributed by atoms with van der Waals surface area (Å²) in [6.45, 7) is 13.2. The normalized spacial score (nSPS) is 27.5. The number of anilines is 1. The Bertz CT molecular complexity index is 1360. The van der Waals surface area contributed by atoms with Crippen LogP contribution in [0.15, 0.2) is 35.9 Å². The summed E-state index contributed by atoms with van der Waals surface area (Å²) in [7, 11) is 3.66. The van der Waals surface area contributed by atoms with Crippen LogP contribution in [0.3, 0.4) is 0 Å². The van der Waals surface area contributed by atoms with Crippen LogP contribution in [-0.4, -0.2) is 129 Å². The molecule has 0 unspecified atom stereocenters. The highest BCUT2D eigenvalue weighted by molar-refractivity contribution is 5.79.